The SMILES string of the molecule is CC(C)(O)CCc1c(O)cc(O)c2c1O[C@@H](c1cc3c(cc1O)OC(C)(C)C=C3)CC2=O. The molecule has 0 aromatic heterocycles. The molecule has 0 radical (unpaired) electrons. The van der Waals surface area contributed by atoms with Crippen LogP contribution in [0.3, 0.4) is 0 Å². The van der Waals surface area contributed by atoms with Gasteiger partial charge in [0, 0.05) is 28.8 Å². The zero-order valence-electron chi connectivity index (χ0n) is 18.6. The van der Waals surface area contributed by atoms with Crippen molar-refractivity contribution in [3.63, 3.8) is 0 Å². The Morgan fingerprint density at radius 2 is 1.81 bits per heavy atom. The van der Waals surface area contributed by atoms with Crippen molar-refractivity contribution in [1.82, 2.24) is 0 Å². The number of phenolic OH excluding ortho intramolecular Hbond substituents is 3. The number of hydrogen-bond donors (Lipinski definition) is 4. The Bertz CT molecular complexity index is 1120. The normalized spacial score (nSPS) is 19.0. The highest BCUT2D eigenvalue weighted by atomic mass is 16.5. The molecular formula is C25H28O7. The van der Waals surface area contributed by atoms with Crippen LogP contribution in [0.4, 0.5) is 0 Å². The third-order valence-electron chi connectivity index (χ3n) is 5.78. The summed E-state index contributed by atoms with van der Waals surface area (Å²) in [6, 6.07) is 4.35. The molecule has 0 amide bonds. The van der Waals surface area contributed by atoms with E-state index in [1.54, 1.807) is 19.9 Å². The molecule has 0 bridgehead atoms. The van der Waals surface area contributed by atoms with Gasteiger partial charge >= 0.3 is 0 Å². The minimum absolute atomic E-state index is 0.00669. The lowest BCUT2D eigenvalue weighted by Gasteiger charge is -2.31. The number of ether oxygens (including phenoxy) is 2. The maximum absolute atomic E-state index is 12.9. The van der Waals surface area contributed by atoms with Crippen LogP contribution in [0.2, 0.25) is 0 Å². The molecule has 4 rings (SSSR count). The Balaban J connectivity index is 1.75. The van der Waals surface area contributed by atoms with Gasteiger partial charge in [0.1, 0.15) is 46.0 Å². The van der Waals surface area contributed by atoms with E-state index in [1.807, 2.05) is 26.0 Å². The predicted molar refractivity (Wildman–Crippen MR) is 119 cm³/mol. The molecule has 2 aliphatic rings. The number of carbonyl (C=O) groups excluding carboxylic acids is 1. The van der Waals surface area contributed by atoms with Gasteiger partial charge in [-0.3, -0.25) is 4.79 Å². The van der Waals surface area contributed by atoms with E-state index in [9.17, 15) is 25.2 Å². The van der Waals surface area contributed by atoms with Crippen LogP contribution in [0.1, 0.15) is 73.7 Å². The molecule has 0 saturated carbocycles. The third-order valence-corrected chi connectivity index (χ3v) is 5.78. The zero-order chi connectivity index (χ0) is 23.4. The monoisotopic (exact) mass is 440 g/mol. The van der Waals surface area contributed by atoms with Crippen molar-refractivity contribution in [2.75, 3.05) is 0 Å². The van der Waals surface area contributed by atoms with Crippen molar-refractivity contribution in [3.8, 4) is 28.7 Å². The number of benzene rings is 2. The predicted octanol–water partition coefficient (Wildman–Crippen LogP) is 4.40. The van der Waals surface area contributed by atoms with Crippen molar-refractivity contribution >= 4 is 11.9 Å². The van der Waals surface area contributed by atoms with Crippen LogP contribution in [0.15, 0.2) is 24.3 Å². The molecule has 2 aromatic rings. The minimum atomic E-state index is -0.994. The van der Waals surface area contributed by atoms with E-state index < -0.39 is 17.3 Å². The summed E-state index contributed by atoms with van der Waals surface area (Å²) in [5.74, 6) is -0.393. The van der Waals surface area contributed by atoms with Crippen LogP contribution < -0.4 is 9.47 Å². The standard InChI is InChI=1S/C25H28O7/c1-24(2,30)7-6-14-16(26)10-18(28)22-19(29)12-21(31-23(14)22)15-9-13-5-8-25(3,4)32-20(13)11-17(15)27/h5,8-11,21,26-28,30H,6-7,12H2,1-4H3/t21-/m1/s1. The third kappa shape index (κ3) is 4.12. The number of ketones is 1. The number of hydrogen-bond acceptors (Lipinski definition) is 7. The van der Waals surface area contributed by atoms with E-state index in [-0.39, 0.29) is 47.2 Å². The summed E-state index contributed by atoms with van der Waals surface area (Å²) in [5, 5.41) is 41.5. The second-order valence-electron chi connectivity index (χ2n) is 9.63. The smallest absolute Gasteiger partial charge is 0.174 e. The van der Waals surface area contributed by atoms with Crippen molar-refractivity contribution in [1.29, 1.82) is 0 Å². The Kier molecular flexibility index (Phi) is 5.12. The first-order valence-corrected chi connectivity index (χ1v) is 10.6. The number of aliphatic hydroxyl groups is 1. The van der Waals surface area contributed by atoms with Gasteiger partial charge in [0.05, 0.1) is 12.0 Å². The maximum Gasteiger partial charge on any atom is 0.174 e. The summed E-state index contributed by atoms with van der Waals surface area (Å²) in [5.41, 5.74) is 0.00735. The molecule has 1 atom stereocenters. The first kappa shape index (κ1) is 22.0. The van der Waals surface area contributed by atoms with Crippen molar-refractivity contribution in [3.05, 3.63) is 46.5 Å². The second-order valence-corrected chi connectivity index (χ2v) is 9.63. The van der Waals surface area contributed by atoms with Crippen LogP contribution in [0, 0.1) is 0 Å². The number of Topliss-reactive ketones (excluding diaryl/α,β-unsaturated/α-hetero) is 1. The van der Waals surface area contributed by atoms with Crippen LogP contribution in [0.5, 0.6) is 28.7 Å². The van der Waals surface area contributed by atoms with Crippen LogP contribution >= 0.6 is 0 Å². The molecule has 2 aliphatic heterocycles. The molecule has 0 saturated heterocycles. The maximum atomic E-state index is 12.9. The van der Waals surface area contributed by atoms with E-state index in [0.717, 1.165) is 11.6 Å². The van der Waals surface area contributed by atoms with Crippen LogP contribution in [-0.4, -0.2) is 37.4 Å². The highest BCUT2D eigenvalue weighted by Gasteiger charge is 2.36. The summed E-state index contributed by atoms with van der Waals surface area (Å²) >= 11 is 0. The molecule has 7 heteroatoms. The molecular weight excluding hydrogens is 412 g/mol. The molecule has 0 unspecified atom stereocenters. The van der Waals surface area contributed by atoms with Crippen LogP contribution in [0.25, 0.3) is 6.08 Å². The summed E-state index contributed by atoms with van der Waals surface area (Å²) in [4.78, 5) is 12.9. The quantitative estimate of drug-likeness (QED) is 0.557. The van der Waals surface area contributed by atoms with Gasteiger partial charge in [0.15, 0.2) is 5.78 Å². The van der Waals surface area contributed by atoms with Crippen molar-refractivity contribution in [2.45, 2.75) is 64.3 Å². The summed E-state index contributed by atoms with van der Waals surface area (Å²) in [7, 11) is 0. The Morgan fingerprint density at radius 3 is 2.50 bits per heavy atom. The van der Waals surface area contributed by atoms with E-state index >= 15 is 0 Å². The fourth-order valence-electron chi connectivity index (χ4n) is 4.06. The average Bonchev–Trinajstić information content (AvgIpc) is 2.64. The van der Waals surface area contributed by atoms with Gasteiger partial charge in [0.2, 0.25) is 0 Å². The highest BCUT2D eigenvalue weighted by Crippen LogP contribution is 2.48. The van der Waals surface area contributed by atoms with Gasteiger partial charge in [-0.15, -0.1) is 0 Å². The number of carbonyl (C=O) groups is 1. The van der Waals surface area contributed by atoms with Gasteiger partial charge in [-0.1, -0.05) is 6.08 Å². The molecule has 7 nitrogen and oxygen atoms in total. The summed E-state index contributed by atoms with van der Waals surface area (Å²) < 4.78 is 12.0. The number of phenols is 3. The minimum Gasteiger partial charge on any atom is -0.507 e. The van der Waals surface area contributed by atoms with E-state index in [4.69, 9.17) is 9.47 Å². The lowest BCUT2D eigenvalue weighted by molar-refractivity contribution is 0.0705. The Labute approximate surface area is 186 Å². The number of aromatic hydroxyl groups is 3. The van der Waals surface area contributed by atoms with Crippen molar-refractivity contribution < 1.29 is 34.7 Å². The van der Waals surface area contributed by atoms with Crippen LogP contribution in [-0.2, 0) is 6.42 Å². The zero-order valence-corrected chi connectivity index (χ0v) is 18.6. The van der Waals surface area contributed by atoms with Gasteiger partial charge in [-0.25, -0.2) is 0 Å². The number of rotatable bonds is 4. The molecule has 2 aromatic carbocycles. The first-order valence-electron chi connectivity index (χ1n) is 10.6. The summed E-state index contributed by atoms with van der Waals surface area (Å²) in [6.45, 7) is 7.11. The largest absolute Gasteiger partial charge is 0.507 e. The van der Waals surface area contributed by atoms with Crippen molar-refractivity contribution in [2.24, 2.45) is 0 Å². The molecule has 0 spiro atoms. The molecule has 4 N–H and O–H groups in total. The molecule has 32 heavy (non-hydrogen) atoms. The molecule has 0 fully saturated rings. The molecule has 170 valence electrons. The van der Waals surface area contributed by atoms with Gasteiger partial charge in [0.25, 0.3) is 0 Å². The Morgan fingerprint density at radius 1 is 1.09 bits per heavy atom. The summed E-state index contributed by atoms with van der Waals surface area (Å²) in [6.07, 6.45) is 3.45. The fourth-order valence-corrected chi connectivity index (χ4v) is 4.06. The van der Waals surface area contributed by atoms with E-state index in [2.05, 4.69) is 0 Å². The van der Waals surface area contributed by atoms with Gasteiger partial charge in [-0.2, -0.15) is 0 Å². The lowest BCUT2D eigenvalue weighted by atomic mass is 9.89. The first-order chi connectivity index (χ1) is 14.8. The number of fused-ring (bicyclic) bond motifs is 2. The van der Waals surface area contributed by atoms with Gasteiger partial charge in [-0.05, 0) is 52.7 Å². The topological polar surface area (TPSA) is 116 Å². The average molecular weight is 440 g/mol. The highest BCUT2D eigenvalue weighted by molar-refractivity contribution is 6.03. The fraction of sp³-hybridized carbons (Fsp3) is 0.400. The molecule has 2 heterocycles. The lowest BCUT2D eigenvalue weighted by Crippen LogP contribution is -2.27. The molecule has 0 aliphatic carbocycles. The Hall–Kier alpha value is -3.19. The van der Waals surface area contributed by atoms with Gasteiger partial charge < -0.3 is 29.9 Å². The second kappa shape index (κ2) is 7.45. The van der Waals surface area contributed by atoms with E-state index in [0.29, 0.717) is 23.3 Å². The van der Waals surface area contributed by atoms with E-state index in [1.165, 1.54) is 6.07 Å².